The Balaban J connectivity index is 4.44. The average Bonchev–Trinajstić information content (AvgIpc) is 2.87. The third-order valence-electron chi connectivity index (χ3n) is 8.87. The fourth-order valence-corrected chi connectivity index (χ4v) is 6.07. The average molecular weight is 491 g/mol. The van der Waals surface area contributed by atoms with Gasteiger partial charge in [0, 0.05) is 0 Å². The molecule has 1 unspecified atom stereocenters. The first kappa shape index (κ1) is 34.7. The first-order valence-electron chi connectivity index (χ1n) is 16.8. The molecule has 0 heterocycles. The summed E-state index contributed by atoms with van der Waals surface area (Å²) in [4.78, 5) is 0. The molecule has 0 N–H and O–H groups in total. The van der Waals surface area contributed by atoms with E-state index in [1.165, 1.54) is 173 Å². The molecule has 1 atom stereocenters. The van der Waals surface area contributed by atoms with Gasteiger partial charge in [0.05, 0.1) is 0 Å². The molecule has 0 saturated heterocycles. The third kappa shape index (κ3) is 20.5. The second-order valence-electron chi connectivity index (χ2n) is 12.1. The Bertz CT molecular complexity index is 388. The fraction of sp³-hybridized carbons (Fsp3) is 0.943. The van der Waals surface area contributed by atoms with E-state index in [9.17, 15) is 0 Å². The second-order valence-corrected chi connectivity index (χ2v) is 12.1. The first-order valence-corrected chi connectivity index (χ1v) is 16.8. The van der Waals surface area contributed by atoms with Crippen molar-refractivity contribution in [1.29, 1.82) is 0 Å². The van der Waals surface area contributed by atoms with Gasteiger partial charge in [0.2, 0.25) is 0 Å². The van der Waals surface area contributed by atoms with E-state index in [-0.39, 0.29) is 0 Å². The van der Waals surface area contributed by atoms with Crippen molar-refractivity contribution < 1.29 is 0 Å². The van der Waals surface area contributed by atoms with Crippen LogP contribution in [0.2, 0.25) is 0 Å². The van der Waals surface area contributed by atoms with Gasteiger partial charge in [-0.05, 0) is 30.6 Å². The number of allylic oxidation sites excluding steroid dienone is 1. The van der Waals surface area contributed by atoms with Gasteiger partial charge in [0.25, 0.3) is 0 Å². The highest BCUT2D eigenvalue weighted by Crippen LogP contribution is 2.43. The predicted octanol–water partition coefficient (Wildman–Crippen LogP) is 13.4. The van der Waals surface area contributed by atoms with E-state index in [1.54, 1.807) is 0 Å². The van der Waals surface area contributed by atoms with Crippen LogP contribution in [0.5, 0.6) is 0 Å². The Morgan fingerprint density at radius 2 is 0.743 bits per heavy atom. The molecule has 0 rings (SSSR count). The molecule has 0 radical (unpaired) electrons. The van der Waals surface area contributed by atoms with Gasteiger partial charge < -0.3 is 0 Å². The number of rotatable bonds is 29. The fourth-order valence-electron chi connectivity index (χ4n) is 6.07. The van der Waals surface area contributed by atoms with Gasteiger partial charge in [-0.2, -0.15) is 0 Å². The van der Waals surface area contributed by atoms with Crippen molar-refractivity contribution in [2.45, 2.75) is 201 Å². The first-order chi connectivity index (χ1) is 17.2. The Kier molecular flexibility index (Phi) is 26.6. The van der Waals surface area contributed by atoms with E-state index in [0.29, 0.717) is 5.41 Å². The van der Waals surface area contributed by atoms with Crippen molar-refractivity contribution in [3.8, 4) is 0 Å². The zero-order valence-electron chi connectivity index (χ0n) is 25.5. The lowest BCUT2D eigenvalue weighted by atomic mass is 9.67. The lowest BCUT2D eigenvalue weighted by Crippen LogP contribution is -2.27. The SMILES string of the molecule is C=CC(CCCCCCCCCC)(CCCCCCCCCC)C(C)CCCCCCCCCC. The predicted molar refractivity (Wildman–Crippen MR) is 163 cm³/mol. The number of hydrogen-bond donors (Lipinski definition) is 0. The van der Waals surface area contributed by atoms with Gasteiger partial charge in [-0.25, -0.2) is 0 Å². The molecule has 0 fully saturated rings. The Hall–Kier alpha value is -0.260. The van der Waals surface area contributed by atoms with Crippen molar-refractivity contribution in [3.63, 3.8) is 0 Å². The van der Waals surface area contributed by atoms with Crippen LogP contribution in [0.25, 0.3) is 0 Å². The quantitative estimate of drug-likeness (QED) is 0.0722. The van der Waals surface area contributed by atoms with Crippen molar-refractivity contribution in [2.75, 3.05) is 0 Å². The van der Waals surface area contributed by atoms with Crippen LogP contribution in [0.15, 0.2) is 12.7 Å². The molecular formula is C35H70. The van der Waals surface area contributed by atoms with Gasteiger partial charge in [0.15, 0.2) is 0 Å². The lowest BCUT2D eigenvalue weighted by Gasteiger charge is -2.37. The van der Waals surface area contributed by atoms with Crippen LogP contribution in [0.1, 0.15) is 201 Å². The van der Waals surface area contributed by atoms with Crippen LogP contribution in [0.3, 0.4) is 0 Å². The monoisotopic (exact) mass is 491 g/mol. The summed E-state index contributed by atoms with van der Waals surface area (Å²) in [7, 11) is 0. The zero-order valence-corrected chi connectivity index (χ0v) is 25.5. The van der Waals surface area contributed by atoms with Crippen LogP contribution in [0, 0.1) is 11.3 Å². The van der Waals surface area contributed by atoms with Gasteiger partial charge in [-0.15, -0.1) is 6.58 Å². The largest absolute Gasteiger partial charge is 0.103 e. The Labute approximate surface area is 224 Å². The van der Waals surface area contributed by atoms with Gasteiger partial charge in [0.1, 0.15) is 0 Å². The summed E-state index contributed by atoms with van der Waals surface area (Å²) < 4.78 is 0. The molecule has 210 valence electrons. The normalized spacial score (nSPS) is 12.8. The molecule has 0 aromatic rings. The van der Waals surface area contributed by atoms with E-state index >= 15 is 0 Å². The van der Waals surface area contributed by atoms with Crippen molar-refractivity contribution >= 4 is 0 Å². The molecule has 0 aliphatic rings. The highest BCUT2D eigenvalue weighted by molar-refractivity contribution is 4.98. The molecule has 0 aliphatic carbocycles. The van der Waals surface area contributed by atoms with Crippen LogP contribution in [-0.2, 0) is 0 Å². The van der Waals surface area contributed by atoms with Crippen LogP contribution in [-0.4, -0.2) is 0 Å². The molecule has 0 aliphatic heterocycles. The second kappa shape index (κ2) is 26.8. The van der Waals surface area contributed by atoms with E-state index in [1.807, 2.05) is 0 Å². The van der Waals surface area contributed by atoms with Crippen LogP contribution < -0.4 is 0 Å². The third-order valence-corrected chi connectivity index (χ3v) is 8.87. The maximum Gasteiger partial charge on any atom is -0.00953 e. The summed E-state index contributed by atoms with van der Waals surface area (Å²) in [5.74, 6) is 0.800. The Morgan fingerprint density at radius 3 is 1.06 bits per heavy atom. The molecule has 35 heavy (non-hydrogen) atoms. The van der Waals surface area contributed by atoms with E-state index < -0.39 is 0 Å². The van der Waals surface area contributed by atoms with E-state index in [4.69, 9.17) is 0 Å². The molecule has 0 nitrogen and oxygen atoms in total. The number of unbranched alkanes of at least 4 members (excludes halogenated alkanes) is 21. The molecule has 0 aromatic carbocycles. The number of hydrogen-bond acceptors (Lipinski definition) is 0. The highest BCUT2D eigenvalue weighted by Gasteiger charge is 2.31. The highest BCUT2D eigenvalue weighted by atomic mass is 14.4. The van der Waals surface area contributed by atoms with Crippen molar-refractivity contribution in [3.05, 3.63) is 12.7 Å². The van der Waals surface area contributed by atoms with Gasteiger partial charge >= 0.3 is 0 Å². The maximum absolute atomic E-state index is 4.44. The molecule has 0 bridgehead atoms. The lowest BCUT2D eigenvalue weighted by molar-refractivity contribution is 0.181. The molecule has 0 aromatic heterocycles. The smallest absolute Gasteiger partial charge is 0.00953 e. The maximum atomic E-state index is 4.44. The minimum atomic E-state index is 0.394. The molecule has 0 heteroatoms. The molecule has 0 amide bonds. The summed E-state index contributed by atoms with van der Waals surface area (Å²) in [5, 5.41) is 0. The van der Waals surface area contributed by atoms with Crippen LogP contribution in [0.4, 0.5) is 0 Å². The standard InChI is InChI=1S/C35H70/c1-6-10-13-16-19-22-25-28-31-34(5)35(9-4,32-29-26-23-20-17-14-11-7-2)33-30-27-24-21-18-15-12-8-3/h9,34H,4,6-8,10-33H2,1-3,5H3. The van der Waals surface area contributed by atoms with E-state index in [2.05, 4.69) is 40.3 Å². The van der Waals surface area contributed by atoms with Gasteiger partial charge in [-0.1, -0.05) is 188 Å². The summed E-state index contributed by atoms with van der Waals surface area (Å²) in [5.41, 5.74) is 0.394. The van der Waals surface area contributed by atoms with Crippen molar-refractivity contribution in [2.24, 2.45) is 11.3 Å². The van der Waals surface area contributed by atoms with Crippen LogP contribution >= 0.6 is 0 Å². The summed E-state index contributed by atoms with van der Waals surface area (Å²) in [6.45, 7) is 14.0. The molecule has 0 saturated carbocycles. The topological polar surface area (TPSA) is 0 Å². The van der Waals surface area contributed by atoms with Gasteiger partial charge in [-0.3, -0.25) is 0 Å². The zero-order chi connectivity index (χ0) is 25.9. The molecule has 0 spiro atoms. The minimum absolute atomic E-state index is 0.394. The Morgan fingerprint density at radius 1 is 0.457 bits per heavy atom. The molecular weight excluding hydrogens is 420 g/mol. The van der Waals surface area contributed by atoms with E-state index in [0.717, 1.165) is 5.92 Å². The summed E-state index contributed by atoms with van der Waals surface area (Å²) in [6.07, 6.45) is 40.9. The summed E-state index contributed by atoms with van der Waals surface area (Å²) >= 11 is 0. The minimum Gasteiger partial charge on any atom is -0.103 e. The van der Waals surface area contributed by atoms with Crippen molar-refractivity contribution in [1.82, 2.24) is 0 Å². The summed E-state index contributed by atoms with van der Waals surface area (Å²) in [6, 6.07) is 0.